The molecule has 2 fully saturated rings. The number of carbonyl (C=O) groups excluding carboxylic acids is 4. The summed E-state index contributed by atoms with van der Waals surface area (Å²) in [4.78, 5) is 55.9. The zero-order chi connectivity index (χ0) is 24.6. The Kier molecular flexibility index (Phi) is 4.62. The predicted octanol–water partition coefficient (Wildman–Crippen LogP) is 4.48. The Morgan fingerprint density at radius 2 is 1.60 bits per heavy atom. The lowest BCUT2D eigenvalue weighted by atomic mass is 9.77. The maximum absolute atomic E-state index is 14.7. The molecule has 3 aromatic rings. The van der Waals surface area contributed by atoms with Gasteiger partial charge in [-0.25, -0.2) is 9.29 Å². The van der Waals surface area contributed by atoms with Crippen molar-refractivity contribution in [2.75, 3.05) is 4.90 Å². The first-order valence-corrected chi connectivity index (χ1v) is 11.4. The van der Waals surface area contributed by atoms with Gasteiger partial charge in [0.15, 0.2) is 0 Å². The molecule has 1 spiro atoms. The average Bonchev–Trinajstić information content (AvgIpc) is 3.40. The maximum atomic E-state index is 14.7. The van der Waals surface area contributed by atoms with Gasteiger partial charge in [-0.3, -0.25) is 19.2 Å². The van der Waals surface area contributed by atoms with Crippen LogP contribution in [0.5, 0.6) is 0 Å². The van der Waals surface area contributed by atoms with Crippen LogP contribution in [0, 0.1) is 24.6 Å². The molecule has 3 aromatic carbocycles. The van der Waals surface area contributed by atoms with E-state index in [1.54, 1.807) is 36.4 Å². The number of carbonyl (C=O) groups is 4. The number of aryl methyl sites for hydroxylation is 1. The molecular weight excluding hydrogens is 473 g/mol. The Labute approximate surface area is 204 Å². The summed E-state index contributed by atoms with van der Waals surface area (Å²) in [5.74, 6) is -6.69. The number of ether oxygens (including phenoxy) is 1. The number of Topliss-reactive ketones (excluding diaryl/α,β-unsaturated/α-hetero) is 2. The lowest BCUT2D eigenvalue weighted by Gasteiger charge is -2.27. The summed E-state index contributed by atoms with van der Waals surface area (Å²) in [5, 5.41) is 0.162. The van der Waals surface area contributed by atoms with E-state index in [1.807, 2.05) is 6.92 Å². The first kappa shape index (κ1) is 21.8. The molecule has 1 aliphatic carbocycles. The number of nitrogens with zero attached hydrogens (tertiary/aromatic N) is 1. The van der Waals surface area contributed by atoms with Gasteiger partial charge in [-0.1, -0.05) is 65.7 Å². The lowest BCUT2D eigenvalue weighted by molar-refractivity contribution is -0.127. The predicted molar refractivity (Wildman–Crippen MR) is 124 cm³/mol. The number of para-hydroxylation sites is 1. The Bertz CT molecular complexity index is 1470. The van der Waals surface area contributed by atoms with Crippen LogP contribution in [-0.2, 0) is 14.3 Å². The highest BCUT2D eigenvalue weighted by atomic mass is 35.5. The standard InChI is InChI=1S/C27H17ClFNO5/c1-13-9-11-14(12-10-13)22-20-21(26(34)30(25(20)33)18-8-3-2-6-16(18)28)27(35-22)23(31)15-5-4-7-17(29)19(15)24(27)32/h2-12,20-22H,1H3/t20-,21-,22-,27?/m1/s1. The van der Waals surface area contributed by atoms with Crippen molar-refractivity contribution in [2.45, 2.75) is 18.6 Å². The second-order valence-corrected chi connectivity index (χ2v) is 9.38. The minimum Gasteiger partial charge on any atom is -0.349 e. The summed E-state index contributed by atoms with van der Waals surface area (Å²) < 4.78 is 20.9. The number of amides is 2. The summed E-state index contributed by atoms with van der Waals surface area (Å²) in [6.45, 7) is 1.89. The molecule has 2 heterocycles. The van der Waals surface area contributed by atoms with Crippen molar-refractivity contribution in [3.05, 3.63) is 99.8 Å². The molecule has 2 amide bonds. The van der Waals surface area contributed by atoms with Crippen molar-refractivity contribution in [1.29, 1.82) is 0 Å². The number of halogens is 2. The van der Waals surface area contributed by atoms with Crippen LogP contribution in [-0.4, -0.2) is 29.0 Å². The summed E-state index contributed by atoms with van der Waals surface area (Å²) in [6, 6.07) is 17.1. The fraction of sp³-hybridized carbons (Fsp3) is 0.185. The van der Waals surface area contributed by atoms with E-state index in [1.165, 1.54) is 24.3 Å². The molecule has 6 rings (SSSR count). The number of ketones is 2. The molecule has 0 aromatic heterocycles. The molecule has 1 unspecified atom stereocenters. The molecule has 0 saturated carbocycles. The molecule has 4 atom stereocenters. The first-order valence-electron chi connectivity index (χ1n) is 11.0. The summed E-state index contributed by atoms with van der Waals surface area (Å²) in [6.07, 6.45) is -1.07. The summed E-state index contributed by atoms with van der Waals surface area (Å²) >= 11 is 6.30. The highest BCUT2D eigenvalue weighted by Crippen LogP contribution is 2.58. The van der Waals surface area contributed by atoms with Gasteiger partial charge < -0.3 is 4.74 Å². The normalized spacial score (nSPS) is 27.2. The number of fused-ring (bicyclic) bond motifs is 3. The fourth-order valence-electron chi connectivity index (χ4n) is 5.50. The van der Waals surface area contributed by atoms with E-state index in [2.05, 4.69) is 0 Å². The molecule has 3 aliphatic rings. The van der Waals surface area contributed by atoms with Crippen LogP contribution in [0.2, 0.25) is 5.02 Å². The van der Waals surface area contributed by atoms with E-state index in [9.17, 15) is 23.6 Å². The number of rotatable bonds is 2. The van der Waals surface area contributed by atoms with Crippen LogP contribution in [0.1, 0.15) is 37.9 Å². The minimum atomic E-state index is -2.34. The third-order valence-corrected chi connectivity index (χ3v) is 7.41. The molecule has 0 N–H and O–H groups in total. The third-order valence-electron chi connectivity index (χ3n) is 7.09. The number of benzene rings is 3. The third kappa shape index (κ3) is 2.73. The van der Waals surface area contributed by atoms with E-state index in [-0.39, 0.29) is 16.3 Å². The van der Waals surface area contributed by atoms with Crippen molar-refractivity contribution in [3.8, 4) is 0 Å². The lowest BCUT2D eigenvalue weighted by Crippen LogP contribution is -2.51. The zero-order valence-electron chi connectivity index (χ0n) is 18.3. The van der Waals surface area contributed by atoms with Crippen molar-refractivity contribution < 1.29 is 28.3 Å². The molecule has 0 bridgehead atoms. The van der Waals surface area contributed by atoms with Gasteiger partial charge in [0.2, 0.25) is 29.0 Å². The quantitative estimate of drug-likeness (QED) is 0.391. The van der Waals surface area contributed by atoms with Crippen LogP contribution >= 0.6 is 11.6 Å². The number of anilines is 1. The number of imide groups is 1. The monoisotopic (exact) mass is 489 g/mol. The van der Waals surface area contributed by atoms with Gasteiger partial charge >= 0.3 is 0 Å². The Morgan fingerprint density at radius 3 is 2.29 bits per heavy atom. The Hall–Kier alpha value is -3.68. The van der Waals surface area contributed by atoms with Gasteiger partial charge in [0.1, 0.15) is 5.82 Å². The van der Waals surface area contributed by atoms with Crippen LogP contribution in [0.15, 0.2) is 66.7 Å². The van der Waals surface area contributed by atoms with Crippen LogP contribution in [0.3, 0.4) is 0 Å². The van der Waals surface area contributed by atoms with Crippen molar-refractivity contribution in [2.24, 2.45) is 11.8 Å². The fourth-order valence-corrected chi connectivity index (χ4v) is 5.72. The van der Waals surface area contributed by atoms with Crippen LogP contribution < -0.4 is 4.90 Å². The molecule has 8 heteroatoms. The van der Waals surface area contributed by atoms with Crippen LogP contribution in [0.25, 0.3) is 0 Å². The van der Waals surface area contributed by atoms with E-state index < -0.39 is 58.3 Å². The molecule has 2 saturated heterocycles. The largest absolute Gasteiger partial charge is 0.349 e. The van der Waals surface area contributed by atoms with Gasteiger partial charge in [-0.05, 0) is 30.7 Å². The van der Waals surface area contributed by atoms with E-state index >= 15 is 0 Å². The molecule has 6 nitrogen and oxygen atoms in total. The van der Waals surface area contributed by atoms with E-state index in [0.29, 0.717) is 5.56 Å². The minimum absolute atomic E-state index is 0.151. The smallest absolute Gasteiger partial charge is 0.241 e. The second-order valence-electron chi connectivity index (χ2n) is 8.97. The number of hydrogen-bond donors (Lipinski definition) is 0. The molecule has 2 aliphatic heterocycles. The topological polar surface area (TPSA) is 80.8 Å². The van der Waals surface area contributed by atoms with Gasteiger partial charge in [0.05, 0.1) is 34.2 Å². The van der Waals surface area contributed by atoms with E-state index in [0.717, 1.165) is 16.5 Å². The first-order chi connectivity index (χ1) is 16.8. The second kappa shape index (κ2) is 7.41. The molecule has 0 radical (unpaired) electrons. The van der Waals surface area contributed by atoms with Gasteiger partial charge in [-0.2, -0.15) is 0 Å². The molecular formula is C27H17ClFNO5. The summed E-state index contributed by atoms with van der Waals surface area (Å²) in [5.41, 5.74) is -1.29. The molecule has 35 heavy (non-hydrogen) atoms. The SMILES string of the molecule is Cc1ccc([C@H]2OC3(C(=O)c4cccc(F)c4C3=O)[C@H]3C(=O)N(c4ccccc4Cl)C(=O)[C@@H]23)cc1. The highest BCUT2D eigenvalue weighted by molar-refractivity contribution is 6.39. The molecule has 174 valence electrons. The average molecular weight is 490 g/mol. The maximum Gasteiger partial charge on any atom is 0.241 e. The van der Waals surface area contributed by atoms with Crippen molar-refractivity contribution in [3.63, 3.8) is 0 Å². The van der Waals surface area contributed by atoms with Gasteiger partial charge in [0, 0.05) is 5.56 Å². The number of hydrogen-bond acceptors (Lipinski definition) is 5. The zero-order valence-corrected chi connectivity index (χ0v) is 19.1. The van der Waals surface area contributed by atoms with Crippen LogP contribution in [0.4, 0.5) is 10.1 Å². The van der Waals surface area contributed by atoms with E-state index in [4.69, 9.17) is 16.3 Å². The van der Waals surface area contributed by atoms with Gasteiger partial charge in [0.25, 0.3) is 0 Å². The van der Waals surface area contributed by atoms with Gasteiger partial charge in [-0.15, -0.1) is 0 Å². The Morgan fingerprint density at radius 1 is 0.886 bits per heavy atom. The van der Waals surface area contributed by atoms with Crippen molar-refractivity contribution in [1.82, 2.24) is 0 Å². The highest BCUT2D eigenvalue weighted by Gasteiger charge is 2.75. The summed E-state index contributed by atoms with van der Waals surface area (Å²) in [7, 11) is 0. The Balaban J connectivity index is 1.57. The van der Waals surface area contributed by atoms with Crippen molar-refractivity contribution >= 4 is 40.7 Å².